The van der Waals surface area contributed by atoms with Crippen LogP contribution in [-0.4, -0.2) is 36.1 Å². The molecular formula is C15H19N5. The van der Waals surface area contributed by atoms with Crippen molar-refractivity contribution in [1.82, 2.24) is 9.97 Å². The molecule has 0 aromatic carbocycles. The lowest BCUT2D eigenvalue weighted by Crippen LogP contribution is -2.46. The minimum atomic E-state index is 0.708. The predicted octanol–water partition coefficient (Wildman–Crippen LogP) is 1.69. The first-order valence-corrected chi connectivity index (χ1v) is 6.86. The molecule has 0 spiro atoms. The molecule has 5 nitrogen and oxygen atoms in total. The van der Waals surface area contributed by atoms with Crippen molar-refractivity contribution in [3.05, 3.63) is 42.4 Å². The third-order valence-corrected chi connectivity index (χ3v) is 3.62. The zero-order valence-electron chi connectivity index (χ0n) is 11.7. The van der Waals surface area contributed by atoms with Crippen molar-refractivity contribution < 1.29 is 0 Å². The van der Waals surface area contributed by atoms with Gasteiger partial charge in [-0.2, -0.15) is 0 Å². The fourth-order valence-corrected chi connectivity index (χ4v) is 2.51. The number of hydrogen-bond donors (Lipinski definition) is 1. The second-order valence-electron chi connectivity index (χ2n) is 5.08. The van der Waals surface area contributed by atoms with Crippen LogP contribution in [0.5, 0.6) is 0 Å². The zero-order valence-corrected chi connectivity index (χ0v) is 11.7. The maximum atomic E-state index is 5.67. The van der Waals surface area contributed by atoms with Gasteiger partial charge in [0.25, 0.3) is 0 Å². The molecule has 1 aliphatic rings. The van der Waals surface area contributed by atoms with Crippen LogP contribution in [0.1, 0.15) is 5.69 Å². The van der Waals surface area contributed by atoms with Gasteiger partial charge >= 0.3 is 0 Å². The number of pyridine rings is 2. The largest absolute Gasteiger partial charge is 0.397 e. The summed E-state index contributed by atoms with van der Waals surface area (Å²) in [5.41, 5.74) is 8.69. The fraction of sp³-hybridized carbons (Fsp3) is 0.333. The Morgan fingerprint density at radius 2 is 1.75 bits per heavy atom. The third-order valence-electron chi connectivity index (χ3n) is 3.62. The van der Waals surface area contributed by atoms with Crippen molar-refractivity contribution >= 4 is 17.2 Å². The second-order valence-corrected chi connectivity index (χ2v) is 5.08. The summed E-state index contributed by atoms with van der Waals surface area (Å²) in [6.45, 7) is 5.96. The summed E-state index contributed by atoms with van der Waals surface area (Å²) in [6, 6.07) is 8.10. The molecule has 3 heterocycles. The molecule has 2 N–H and O–H groups in total. The number of rotatable bonds is 2. The molecule has 0 amide bonds. The van der Waals surface area contributed by atoms with Gasteiger partial charge in [0.1, 0.15) is 5.82 Å². The van der Waals surface area contributed by atoms with Crippen molar-refractivity contribution in [3.8, 4) is 0 Å². The van der Waals surface area contributed by atoms with E-state index in [2.05, 4.69) is 31.9 Å². The zero-order chi connectivity index (χ0) is 13.9. The Bertz CT molecular complexity index is 573. The summed E-state index contributed by atoms with van der Waals surface area (Å²) in [7, 11) is 0. The first kappa shape index (κ1) is 12.7. The van der Waals surface area contributed by atoms with E-state index in [4.69, 9.17) is 5.73 Å². The van der Waals surface area contributed by atoms with E-state index in [1.54, 1.807) is 6.20 Å². The van der Waals surface area contributed by atoms with Crippen LogP contribution in [-0.2, 0) is 0 Å². The molecular weight excluding hydrogens is 250 g/mol. The Morgan fingerprint density at radius 3 is 2.40 bits per heavy atom. The van der Waals surface area contributed by atoms with Crippen LogP contribution in [0.2, 0.25) is 0 Å². The van der Waals surface area contributed by atoms with Gasteiger partial charge in [-0.05, 0) is 31.2 Å². The quantitative estimate of drug-likeness (QED) is 0.899. The molecule has 5 heteroatoms. The van der Waals surface area contributed by atoms with Gasteiger partial charge in [0.2, 0.25) is 0 Å². The van der Waals surface area contributed by atoms with Crippen LogP contribution >= 0.6 is 0 Å². The topological polar surface area (TPSA) is 58.3 Å². The van der Waals surface area contributed by atoms with Crippen molar-refractivity contribution in [2.45, 2.75) is 6.92 Å². The van der Waals surface area contributed by atoms with Gasteiger partial charge in [0.05, 0.1) is 11.9 Å². The van der Waals surface area contributed by atoms with E-state index < -0.39 is 0 Å². The molecule has 0 aliphatic carbocycles. The number of nitrogens with two attached hydrogens (primary N) is 1. The average Bonchev–Trinajstić information content (AvgIpc) is 2.48. The first-order chi connectivity index (χ1) is 9.72. The number of aromatic nitrogens is 2. The smallest absolute Gasteiger partial charge is 0.128 e. The van der Waals surface area contributed by atoms with Crippen LogP contribution in [0.15, 0.2) is 36.7 Å². The first-order valence-electron chi connectivity index (χ1n) is 6.86. The minimum Gasteiger partial charge on any atom is -0.397 e. The summed E-state index contributed by atoms with van der Waals surface area (Å²) in [6.07, 6.45) is 3.59. The second kappa shape index (κ2) is 5.36. The van der Waals surface area contributed by atoms with E-state index in [9.17, 15) is 0 Å². The lowest BCUT2D eigenvalue weighted by molar-refractivity contribution is 0.647. The van der Waals surface area contributed by atoms with Crippen molar-refractivity contribution in [1.29, 1.82) is 0 Å². The van der Waals surface area contributed by atoms with Crippen molar-refractivity contribution in [2.24, 2.45) is 0 Å². The van der Waals surface area contributed by atoms with Crippen LogP contribution < -0.4 is 15.5 Å². The van der Waals surface area contributed by atoms with E-state index >= 15 is 0 Å². The highest BCUT2D eigenvalue weighted by molar-refractivity contribution is 5.50. The Balaban J connectivity index is 1.66. The highest BCUT2D eigenvalue weighted by Crippen LogP contribution is 2.19. The Kier molecular flexibility index (Phi) is 3.41. The van der Waals surface area contributed by atoms with Gasteiger partial charge < -0.3 is 15.5 Å². The standard InChI is InChI=1S/C15H19N5/c1-12-10-14(4-5-17-12)19-6-8-20(9-7-19)15-3-2-13(16)11-18-15/h2-5,10-11H,6-9,16H2,1H3. The van der Waals surface area contributed by atoms with Gasteiger partial charge in [-0.1, -0.05) is 0 Å². The van der Waals surface area contributed by atoms with E-state index in [0.717, 1.165) is 37.7 Å². The molecule has 0 atom stereocenters. The molecule has 0 bridgehead atoms. The van der Waals surface area contributed by atoms with Crippen LogP contribution in [0, 0.1) is 6.92 Å². The molecule has 2 aromatic rings. The highest BCUT2D eigenvalue weighted by atomic mass is 15.3. The Hall–Kier alpha value is -2.30. The summed E-state index contributed by atoms with van der Waals surface area (Å²) in [4.78, 5) is 13.3. The van der Waals surface area contributed by atoms with E-state index in [0.29, 0.717) is 5.69 Å². The molecule has 0 unspecified atom stereocenters. The molecule has 0 saturated carbocycles. The number of anilines is 3. The molecule has 1 fully saturated rings. The lowest BCUT2D eigenvalue weighted by atomic mass is 10.2. The summed E-state index contributed by atoms with van der Waals surface area (Å²) >= 11 is 0. The molecule has 1 saturated heterocycles. The van der Waals surface area contributed by atoms with Gasteiger partial charge in [0, 0.05) is 43.8 Å². The van der Waals surface area contributed by atoms with Crippen molar-refractivity contribution in [2.75, 3.05) is 41.7 Å². The monoisotopic (exact) mass is 269 g/mol. The summed E-state index contributed by atoms with van der Waals surface area (Å²) < 4.78 is 0. The van der Waals surface area contributed by atoms with Gasteiger partial charge in [-0.15, -0.1) is 0 Å². The van der Waals surface area contributed by atoms with Crippen LogP contribution in [0.3, 0.4) is 0 Å². The van der Waals surface area contributed by atoms with Crippen molar-refractivity contribution in [3.63, 3.8) is 0 Å². The molecule has 0 radical (unpaired) electrons. The number of aryl methyl sites for hydroxylation is 1. The molecule has 3 rings (SSSR count). The average molecular weight is 269 g/mol. The highest BCUT2D eigenvalue weighted by Gasteiger charge is 2.18. The Labute approximate surface area is 119 Å². The van der Waals surface area contributed by atoms with Gasteiger partial charge in [0.15, 0.2) is 0 Å². The molecule has 2 aromatic heterocycles. The number of nitrogen functional groups attached to an aromatic ring is 1. The molecule has 20 heavy (non-hydrogen) atoms. The van der Waals surface area contributed by atoms with Gasteiger partial charge in [-0.3, -0.25) is 4.98 Å². The lowest BCUT2D eigenvalue weighted by Gasteiger charge is -2.36. The fourth-order valence-electron chi connectivity index (χ4n) is 2.51. The van der Waals surface area contributed by atoms with Crippen LogP contribution in [0.4, 0.5) is 17.2 Å². The van der Waals surface area contributed by atoms with E-state index in [-0.39, 0.29) is 0 Å². The van der Waals surface area contributed by atoms with E-state index in [1.807, 2.05) is 25.3 Å². The Morgan fingerprint density at radius 1 is 1.00 bits per heavy atom. The third kappa shape index (κ3) is 2.66. The number of nitrogens with zero attached hydrogens (tertiary/aromatic N) is 4. The van der Waals surface area contributed by atoms with Crippen LogP contribution in [0.25, 0.3) is 0 Å². The SMILES string of the molecule is Cc1cc(N2CCN(c3ccc(N)cn3)CC2)ccn1. The predicted molar refractivity (Wildman–Crippen MR) is 82.0 cm³/mol. The number of piperazine rings is 1. The number of hydrogen-bond acceptors (Lipinski definition) is 5. The summed E-state index contributed by atoms with van der Waals surface area (Å²) in [5.74, 6) is 1.00. The van der Waals surface area contributed by atoms with Gasteiger partial charge in [-0.25, -0.2) is 4.98 Å². The maximum Gasteiger partial charge on any atom is 0.128 e. The normalized spacial score (nSPS) is 15.4. The van der Waals surface area contributed by atoms with E-state index in [1.165, 1.54) is 5.69 Å². The maximum absolute atomic E-state index is 5.67. The minimum absolute atomic E-state index is 0.708. The molecule has 104 valence electrons. The molecule has 1 aliphatic heterocycles. The summed E-state index contributed by atoms with van der Waals surface area (Å²) in [5, 5.41) is 0.